The number of amides is 2. The zero-order chi connectivity index (χ0) is 22.4. The summed E-state index contributed by atoms with van der Waals surface area (Å²) in [5, 5.41) is 0.547. The maximum atomic E-state index is 13.1. The van der Waals surface area contributed by atoms with Crippen LogP contribution < -0.4 is 4.74 Å². The number of halogens is 1. The van der Waals surface area contributed by atoms with Crippen LogP contribution in [0.25, 0.3) is 0 Å². The Balaban J connectivity index is 1.52. The van der Waals surface area contributed by atoms with Crippen molar-refractivity contribution in [3.8, 4) is 5.75 Å². The van der Waals surface area contributed by atoms with E-state index in [1.165, 1.54) is 12.5 Å². The first-order chi connectivity index (χ1) is 15.5. The van der Waals surface area contributed by atoms with E-state index in [0.717, 1.165) is 0 Å². The average molecular weight is 461 g/mol. The van der Waals surface area contributed by atoms with Crippen LogP contribution in [0.3, 0.4) is 0 Å². The van der Waals surface area contributed by atoms with Gasteiger partial charge in [-0.2, -0.15) is 0 Å². The number of rotatable bonds is 6. The zero-order valence-corrected chi connectivity index (χ0v) is 18.4. The van der Waals surface area contributed by atoms with Crippen molar-refractivity contribution in [3.63, 3.8) is 0 Å². The van der Waals surface area contributed by atoms with E-state index in [0.29, 0.717) is 49.3 Å². The van der Waals surface area contributed by atoms with Gasteiger partial charge in [0, 0.05) is 30.9 Å². The molecule has 1 aromatic heterocycles. The molecular weight excluding hydrogens is 436 g/mol. The van der Waals surface area contributed by atoms with Gasteiger partial charge in [-0.15, -0.1) is 0 Å². The Bertz CT molecular complexity index is 941. The molecule has 4 rings (SSSR count). The van der Waals surface area contributed by atoms with Crippen LogP contribution in [0.5, 0.6) is 5.75 Å². The van der Waals surface area contributed by atoms with Gasteiger partial charge in [-0.25, -0.2) is 9.97 Å². The van der Waals surface area contributed by atoms with E-state index in [9.17, 15) is 9.59 Å². The van der Waals surface area contributed by atoms with Crippen LogP contribution in [0.1, 0.15) is 16.9 Å². The minimum Gasteiger partial charge on any atom is -0.490 e. The van der Waals surface area contributed by atoms with Gasteiger partial charge in [0.05, 0.1) is 32.8 Å². The highest BCUT2D eigenvalue weighted by Gasteiger charge is 2.42. The molecule has 2 aliphatic heterocycles. The first-order valence-corrected chi connectivity index (χ1v) is 10.9. The van der Waals surface area contributed by atoms with Gasteiger partial charge in [-0.1, -0.05) is 17.7 Å². The van der Waals surface area contributed by atoms with Gasteiger partial charge in [0.15, 0.2) is 0 Å². The van der Waals surface area contributed by atoms with Crippen molar-refractivity contribution in [2.45, 2.75) is 12.0 Å². The molecule has 0 saturated carbocycles. The number of nitrogens with zero attached hydrogens (tertiary/aromatic N) is 4. The van der Waals surface area contributed by atoms with Gasteiger partial charge < -0.3 is 24.0 Å². The molecule has 0 bridgehead atoms. The second-order valence-electron chi connectivity index (χ2n) is 7.77. The first kappa shape index (κ1) is 22.4. The fourth-order valence-electron chi connectivity index (χ4n) is 3.81. The van der Waals surface area contributed by atoms with E-state index in [1.54, 1.807) is 40.1 Å². The third-order valence-corrected chi connectivity index (χ3v) is 5.71. The number of morpholine rings is 2. The molecule has 2 saturated heterocycles. The van der Waals surface area contributed by atoms with Crippen LogP contribution >= 0.6 is 11.6 Å². The molecule has 2 amide bonds. The standard InChI is InChI=1S/C22H25ClN4O5/c23-17-2-1-3-18(12-17)31-15-22(13-20(28)26-6-9-30-10-7-26)14-27(8-11-32-22)21(29)19-4-5-24-16-25-19/h1-5,12,16H,6-11,13-15H2/t22-/m1/s1. The van der Waals surface area contributed by atoms with E-state index < -0.39 is 5.60 Å². The van der Waals surface area contributed by atoms with Gasteiger partial charge in [-0.3, -0.25) is 9.59 Å². The van der Waals surface area contributed by atoms with Gasteiger partial charge in [0.25, 0.3) is 5.91 Å². The molecule has 2 aliphatic rings. The number of carbonyl (C=O) groups is 2. The Labute approximate surface area is 191 Å². The summed E-state index contributed by atoms with van der Waals surface area (Å²) >= 11 is 6.07. The first-order valence-electron chi connectivity index (χ1n) is 10.5. The molecule has 0 unspecified atom stereocenters. The summed E-state index contributed by atoms with van der Waals surface area (Å²) < 4.78 is 17.5. The smallest absolute Gasteiger partial charge is 0.272 e. The lowest BCUT2D eigenvalue weighted by Gasteiger charge is -2.43. The molecule has 10 heteroatoms. The lowest BCUT2D eigenvalue weighted by Crippen LogP contribution is -2.58. The number of hydrogen-bond donors (Lipinski definition) is 0. The summed E-state index contributed by atoms with van der Waals surface area (Å²) in [7, 11) is 0. The van der Waals surface area contributed by atoms with Crippen molar-refractivity contribution < 1.29 is 23.8 Å². The molecule has 170 valence electrons. The SMILES string of the molecule is O=C(C[C@]1(COc2cccc(Cl)c2)CN(C(=O)c2ccncn2)CCO1)N1CCOCC1. The Kier molecular flexibility index (Phi) is 7.19. The van der Waals surface area contributed by atoms with Crippen molar-refractivity contribution in [3.05, 3.63) is 53.6 Å². The Morgan fingerprint density at radius 3 is 2.69 bits per heavy atom. The number of carbonyl (C=O) groups excluding carboxylic acids is 2. The summed E-state index contributed by atoms with van der Waals surface area (Å²) in [6, 6.07) is 8.60. The molecule has 32 heavy (non-hydrogen) atoms. The summed E-state index contributed by atoms with van der Waals surface area (Å²) in [5.41, 5.74) is -0.704. The van der Waals surface area contributed by atoms with Crippen LogP contribution in [0, 0.1) is 0 Å². The van der Waals surface area contributed by atoms with Crippen LogP contribution in [0.2, 0.25) is 5.02 Å². The molecule has 2 aromatic rings. The lowest BCUT2D eigenvalue weighted by molar-refractivity contribution is -0.155. The fraction of sp³-hybridized carbons (Fsp3) is 0.455. The quantitative estimate of drug-likeness (QED) is 0.647. The molecule has 1 aromatic carbocycles. The highest BCUT2D eigenvalue weighted by Crippen LogP contribution is 2.27. The van der Waals surface area contributed by atoms with Crippen LogP contribution in [0.4, 0.5) is 0 Å². The second kappa shape index (κ2) is 10.2. The number of hydrogen-bond acceptors (Lipinski definition) is 7. The summed E-state index contributed by atoms with van der Waals surface area (Å²) in [5.74, 6) is 0.277. The van der Waals surface area contributed by atoms with Crippen LogP contribution in [0.15, 0.2) is 42.9 Å². The maximum Gasteiger partial charge on any atom is 0.272 e. The summed E-state index contributed by atoms with van der Waals surface area (Å²) in [6.45, 7) is 3.07. The third-order valence-electron chi connectivity index (χ3n) is 5.47. The molecule has 3 heterocycles. The lowest BCUT2D eigenvalue weighted by atomic mass is 9.96. The van der Waals surface area contributed by atoms with Gasteiger partial charge in [0.1, 0.15) is 30.0 Å². The molecule has 0 radical (unpaired) electrons. The number of benzene rings is 1. The van der Waals surface area contributed by atoms with E-state index in [1.807, 2.05) is 0 Å². The minimum atomic E-state index is -1.00. The molecule has 9 nitrogen and oxygen atoms in total. The molecular formula is C22H25ClN4O5. The van der Waals surface area contributed by atoms with E-state index in [4.69, 9.17) is 25.8 Å². The van der Waals surface area contributed by atoms with Crippen molar-refractivity contribution in [2.24, 2.45) is 0 Å². The topological polar surface area (TPSA) is 94.1 Å². The van der Waals surface area contributed by atoms with Crippen LogP contribution in [-0.2, 0) is 14.3 Å². The van der Waals surface area contributed by atoms with E-state index in [2.05, 4.69) is 9.97 Å². The Morgan fingerprint density at radius 1 is 1.12 bits per heavy atom. The van der Waals surface area contributed by atoms with Crippen molar-refractivity contribution in [1.29, 1.82) is 0 Å². The molecule has 0 aliphatic carbocycles. The highest BCUT2D eigenvalue weighted by molar-refractivity contribution is 6.30. The number of ether oxygens (including phenoxy) is 3. The van der Waals surface area contributed by atoms with Gasteiger partial charge in [-0.05, 0) is 24.3 Å². The van der Waals surface area contributed by atoms with E-state index >= 15 is 0 Å². The Hall–Kier alpha value is -2.75. The normalized spacial score (nSPS) is 21.3. The zero-order valence-electron chi connectivity index (χ0n) is 17.6. The van der Waals surface area contributed by atoms with Crippen molar-refractivity contribution in [1.82, 2.24) is 19.8 Å². The van der Waals surface area contributed by atoms with Gasteiger partial charge in [0.2, 0.25) is 5.91 Å². The second-order valence-corrected chi connectivity index (χ2v) is 8.21. The largest absolute Gasteiger partial charge is 0.490 e. The molecule has 2 fully saturated rings. The van der Waals surface area contributed by atoms with Crippen molar-refractivity contribution in [2.75, 3.05) is 52.6 Å². The Morgan fingerprint density at radius 2 is 1.94 bits per heavy atom. The summed E-state index contributed by atoms with van der Waals surface area (Å²) in [6.07, 6.45) is 2.95. The average Bonchev–Trinajstić information content (AvgIpc) is 2.84. The predicted molar refractivity (Wildman–Crippen MR) is 116 cm³/mol. The fourth-order valence-corrected chi connectivity index (χ4v) is 3.99. The summed E-state index contributed by atoms with van der Waals surface area (Å²) in [4.78, 5) is 37.4. The minimum absolute atomic E-state index is 0.0562. The van der Waals surface area contributed by atoms with Crippen molar-refractivity contribution >= 4 is 23.4 Å². The van der Waals surface area contributed by atoms with Gasteiger partial charge >= 0.3 is 0 Å². The molecule has 0 N–H and O–H groups in total. The highest BCUT2D eigenvalue weighted by atomic mass is 35.5. The monoisotopic (exact) mass is 460 g/mol. The van der Waals surface area contributed by atoms with E-state index in [-0.39, 0.29) is 38.0 Å². The number of aromatic nitrogens is 2. The maximum absolute atomic E-state index is 13.1. The molecule has 0 spiro atoms. The molecule has 1 atom stereocenters. The predicted octanol–water partition coefficient (Wildman–Crippen LogP) is 1.67. The third kappa shape index (κ3) is 5.53. The van der Waals surface area contributed by atoms with Crippen LogP contribution in [-0.4, -0.2) is 89.8 Å².